The summed E-state index contributed by atoms with van der Waals surface area (Å²) in [5, 5.41) is 0. The molecule has 3 aliphatic rings. The van der Waals surface area contributed by atoms with Crippen LogP contribution in [0.15, 0.2) is 0 Å². The van der Waals surface area contributed by atoms with Gasteiger partial charge in [0.15, 0.2) is 0 Å². The lowest BCUT2D eigenvalue weighted by molar-refractivity contribution is -0.0725. The normalized spacial score (nSPS) is 30.0. The van der Waals surface area contributed by atoms with Crippen LogP contribution in [0, 0.1) is 11.3 Å². The van der Waals surface area contributed by atoms with E-state index in [4.69, 9.17) is 0 Å². The second-order valence-corrected chi connectivity index (χ2v) is 8.08. The van der Waals surface area contributed by atoms with Crippen molar-refractivity contribution in [3.8, 4) is 0 Å². The second kappa shape index (κ2) is 5.94. The molecule has 0 unspecified atom stereocenters. The largest absolute Gasteiger partial charge is 0.306 e. The van der Waals surface area contributed by atoms with Gasteiger partial charge in [-0.2, -0.15) is 0 Å². The third-order valence-corrected chi connectivity index (χ3v) is 5.90. The molecule has 0 radical (unpaired) electrons. The van der Waals surface area contributed by atoms with Crippen LogP contribution in [0.3, 0.4) is 0 Å². The molecule has 3 nitrogen and oxygen atoms in total. The Labute approximate surface area is 125 Å². The maximum absolute atomic E-state index is 2.80. The zero-order chi connectivity index (χ0) is 14.2. The Bertz CT molecular complexity index is 314. The molecule has 0 aromatic rings. The molecule has 116 valence electrons. The summed E-state index contributed by atoms with van der Waals surface area (Å²) in [6.07, 6.45) is 5.73. The minimum atomic E-state index is 0.661. The zero-order valence-electron chi connectivity index (χ0n) is 13.8. The van der Waals surface area contributed by atoms with E-state index in [2.05, 4.69) is 35.6 Å². The molecule has 3 rings (SSSR count). The standard InChI is InChI=1S/C17H33N3/c1-15(2)20-13-17(14-20)7-4-8-19(12-17)11-16-5-9-18(3)10-6-16/h15-16H,4-14H2,1-3H3. The molecule has 3 heteroatoms. The molecular formula is C17H33N3. The van der Waals surface area contributed by atoms with E-state index in [1.54, 1.807) is 0 Å². The number of hydrogen-bond acceptors (Lipinski definition) is 3. The van der Waals surface area contributed by atoms with Gasteiger partial charge in [-0.15, -0.1) is 0 Å². The van der Waals surface area contributed by atoms with Crippen molar-refractivity contribution in [3.05, 3.63) is 0 Å². The maximum atomic E-state index is 2.80. The van der Waals surface area contributed by atoms with E-state index in [0.29, 0.717) is 5.41 Å². The zero-order valence-corrected chi connectivity index (χ0v) is 13.8. The molecule has 0 atom stereocenters. The van der Waals surface area contributed by atoms with Crippen LogP contribution in [0.25, 0.3) is 0 Å². The van der Waals surface area contributed by atoms with Gasteiger partial charge in [0.1, 0.15) is 0 Å². The van der Waals surface area contributed by atoms with Gasteiger partial charge in [-0.25, -0.2) is 0 Å². The first-order valence-corrected chi connectivity index (χ1v) is 8.71. The highest BCUT2D eigenvalue weighted by molar-refractivity contribution is 5.00. The van der Waals surface area contributed by atoms with Crippen molar-refractivity contribution < 1.29 is 0 Å². The lowest BCUT2D eigenvalue weighted by atomic mass is 9.72. The van der Waals surface area contributed by atoms with Gasteiger partial charge in [0.05, 0.1) is 0 Å². The molecule has 1 spiro atoms. The van der Waals surface area contributed by atoms with Gasteiger partial charge < -0.3 is 9.80 Å². The van der Waals surface area contributed by atoms with Gasteiger partial charge in [-0.3, -0.25) is 4.90 Å². The fourth-order valence-corrected chi connectivity index (χ4v) is 4.51. The third-order valence-electron chi connectivity index (χ3n) is 5.90. The fraction of sp³-hybridized carbons (Fsp3) is 1.00. The van der Waals surface area contributed by atoms with Crippen LogP contribution in [-0.2, 0) is 0 Å². The van der Waals surface area contributed by atoms with Crippen molar-refractivity contribution in [3.63, 3.8) is 0 Å². The molecule has 3 fully saturated rings. The van der Waals surface area contributed by atoms with E-state index in [0.717, 1.165) is 12.0 Å². The third kappa shape index (κ3) is 3.20. The summed E-state index contributed by atoms with van der Waals surface area (Å²) in [6.45, 7) is 14.1. The second-order valence-electron chi connectivity index (χ2n) is 8.08. The predicted octanol–water partition coefficient (Wildman–Crippen LogP) is 2.13. The van der Waals surface area contributed by atoms with Gasteiger partial charge in [0, 0.05) is 37.6 Å². The first kappa shape index (κ1) is 14.8. The van der Waals surface area contributed by atoms with Crippen LogP contribution < -0.4 is 0 Å². The molecule has 0 aliphatic carbocycles. The monoisotopic (exact) mass is 279 g/mol. The summed E-state index contributed by atoms with van der Waals surface area (Å²) in [4.78, 5) is 7.94. The van der Waals surface area contributed by atoms with Crippen LogP contribution in [0.4, 0.5) is 0 Å². The average Bonchev–Trinajstić information content (AvgIpc) is 2.39. The quantitative estimate of drug-likeness (QED) is 0.784. The van der Waals surface area contributed by atoms with Gasteiger partial charge in [0.2, 0.25) is 0 Å². The Morgan fingerprint density at radius 2 is 1.75 bits per heavy atom. The first-order valence-electron chi connectivity index (χ1n) is 8.71. The Hall–Kier alpha value is -0.120. The summed E-state index contributed by atoms with van der Waals surface area (Å²) >= 11 is 0. The summed E-state index contributed by atoms with van der Waals surface area (Å²) in [6, 6.07) is 0.741. The Balaban J connectivity index is 1.47. The Morgan fingerprint density at radius 1 is 1.05 bits per heavy atom. The number of likely N-dealkylation sites (tertiary alicyclic amines) is 3. The van der Waals surface area contributed by atoms with E-state index >= 15 is 0 Å². The highest BCUT2D eigenvalue weighted by Gasteiger charge is 2.46. The number of hydrogen-bond donors (Lipinski definition) is 0. The topological polar surface area (TPSA) is 9.72 Å². The summed E-state index contributed by atoms with van der Waals surface area (Å²) < 4.78 is 0. The van der Waals surface area contributed by atoms with Gasteiger partial charge in [0.25, 0.3) is 0 Å². The van der Waals surface area contributed by atoms with Crippen molar-refractivity contribution in [2.45, 2.75) is 45.6 Å². The van der Waals surface area contributed by atoms with E-state index in [1.807, 2.05) is 0 Å². The van der Waals surface area contributed by atoms with Crippen LogP contribution in [0.2, 0.25) is 0 Å². The summed E-state index contributed by atoms with van der Waals surface area (Å²) in [7, 11) is 2.26. The Kier molecular flexibility index (Phi) is 4.40. The van der Waals surface area contributed by atoms with E-state index in [9.17, 15) is 0 Å². The molecule has 0 amide bonds. The van der Waals surface area contributed by atoms with E-state index in [1.165, 1.54) is 71.5 Å². The lowest BCUT2D eigenvalue weighted by Crippen LogP contribution is -2.64. The smallest absolute Gasteiger partial charge is 0.00855 e. The predicted molar refractivity (Wildman–Crippen MR) is 85.0 cm³/mol. The van der Waals surface area contributed by atoms with Crippen LogP contribution in [-0.4, -0.2) is 73.6 Å². The van der Waals surface area contributed by atoms with Crippen LogP contribution in [0.5, 0.6) is 0 Å². The molecule has 0 aromatic heterocycles. The highest BCUT2D eigenvalue weighted by atomic mass is 15.3. The lowest BCUT2D eigenvalue weighted by Gasteiger charge is -2.56. The number of nitrogens with zero attached hydrogens (tertiary/aromatic N) is 3. The fourth-order valence-electron chi connectivity index (χ4n) is 4.51. The molecule has 0 saturated carbocycles. The number of piperidine rings is 2. The Morgan fingerprint density at radius 3 is 2.40 bits per heavy atom. The average molecular weight is 279 g/mol. The van der Waals surface area contributed by atoms with Gasteiger partial charge in [-0.1, -0.05) is 0 Å². The van der Waals surface area contributed by atoms with Gasteiger partial charge >= 0.3 is 0 Å². The minimum Gasteiger partial charge on any atom is -0.306 e. The van der Waals surface area contributed by atoms with Gasteiger partial charge in [-0.05, 0) is 72.1 Å². The molecule has 20 heavy (non-hydrogen) atoms. The highest BCUT2D eigenvalue weighted by Crippen LogP contribution is 2.40. The SMILES string of the molecule is CC(C)N1CC2(CCCN(CC3CCN(C)CC3)C2)C1. The maximum Gasteiger partial charge on any atom is 0.00855 e. The molecule has 3 aliphatic heterocycles. The van der Waals surface area contributed by atoms with E-state index < -0.39 is 0 Å². The van der Waals surface area contributed by atoms with Crippen LogP contribution >= 0.6 is 0 Å². The van der Waals surface area contributed by atoms with Crippen molar-refractivity contribution in [1.82, 2.24) is 14.7 Å². The first-order chi connectivity index (χ1) is 9.56. The number of rotatable bonds is 3. The van der Waals surface area contributed by atoms with Crippen molar-refractivity contribution in [2.24, 2.45) is 11.3 Å². The molecule has 0 bridgehead atoms. The molecule has 3 heterocycles. The van der Waals surface area contributed by atoms with Crippen LogP contribution in [0.1, 0.15) is 39.5 Å². The van der Waals surface area contributed by atoms with Crippen molar-refractivity contribution in [2.75, 3.05) is 52.9 Å². The molecule has 3 saturated heterocycles. The van der Waals surface area contributed by atoms with E-state index in [-0.39, 0.29) is 0 Å². The molecule has 0 aromatic carbocycles. The van der Waals surface area contributed by atoms with Crippen molar-refractivity contribution >= 4 is 0 Å². The van der Waals surface area contributed by atoms with Crippen molar-refractivity contribution in [1.29, 1.82) is 0 Å². The minimum absolute atomic E-state index is 0.661. The summed E-state index contributed by atoms with van der Waals surface area (Å²) in [5.74, 6) is 0.961. The summed E-state index contributed by atoms with van der Waals surface area (Å²) in [5.41, 5.74) is 0.661. The molecular weight excluding hydrogens is 246 g/mol. The molecule has 0 N–H and O–H groups in total.